The van der Waals surface area contributed by atoms with Crippen LogP contribution in [0.5, 0.6) is 5.88 Å². The third-order valence-electron chi connectivity index (χ3n) is 3.33. The fourth-order valence-electron chi connectivity index (χ4n) is 2.34. The van der Waals surface area contributed by atoms with E-state index in [1.165, 1.54) is 10.1 Å². The van der Waals surface area contributed by atoms with E-state index in [1.54, 1.807) is 24.6 Å². The van der Waals surface area contributed by atoms with Crippen LogP contribution in [0, 0.1) is 0 Å². The highest BCUT2D eigenvalue weighted by atomic mass is 32.1. The summed E-state index contributed by atoms with van der Waals surface area (Å²) in [5.41, 5.74) is 1.88. The van der Waals surface area contributed by atoms with Gasteiger partial charge in [0, 0.05) is 22.9 Å². The standard InChI is InChI=1S/C16H15NO2S/c1-19-16-13(6-4-8-17-16)14(18)9-11-10-20-15-7-3-2-5-12(11)15/h2-8,10,14,18H,9H2,1H3. The van der Waals surface area contributed by atoms with Crippen LogP contribution < -0.4 is 4.74 Å². The van der Waals surface area contributed by atoms with Crippen molar-refractivity contribution in [2.24, 2.45) is 0 Å². The van der Waals surface area contributed by atoms with Crippen LogP contribution in [-0.4, -0.2) is 17.2 Å². The van der Waals surface area contributed by atoms with Crippen LogP contribution in [0.15, 0.2) is 48.0 Å². The number of aliphatic hydroxyl groups excluding tert-OH is 1. The summed E-state index contributed by atoms with van der Waals surface area (Å²) in [7, 11) is 1.57. The lowest BCUT2D eigenvalue weighted by molar-refractivity contribution is 0.173. The second kappa shape index (κ2) is 5.61. The molecule has 3 nitrogen and oxygen atoms in total. The lowest BCUT2D eigenvalue weighted by atomic mass is 10.0. The summed E-state index contributed by atoms with van der Waals surface area (Å²) in [6, 6.07) is 11.9. The van der Waals surface area contributed by atoms with Gasteiger partial charge in [0.1, 0.15) is 0 Å². The molecule has 3 rings (SSSR count). The van der Waals surface area contributed by atoms with Gasteiger partial charge in [-0.2, -0.15) is 0 Å². The van der Waals surface area contributed by atoms with E-state index in [0.29, 0.717) is 12.3 Å². The van der Waals surface area contributed by atoms with Gasteiger partial charge in [-0.1, -0.05) is 18.2 Å². The Balaban J connectivity index is 1.90. The van der Waals surface area contributed by atoms with E-state index in [2.05, 4.69) is 22.5 Å². The molecule has 0 saturated heterocycles. The first-order valence-corrected chi connectivity index (χ1v) is 7.29. The third kappa shape index (κ3) is 2.40. The number of thiophene rings is 1. The number of pyridine rings is 1. The number of hydrogen-bond donors (Lipinski definition) is 1. The summed E-state index contributed by atoms with van der Waals surface area (Å²) in [6.07, 6.45) is 1.61. The minimum atomic E-state index is -0.614. The van der Waals surface area contributed by atoms with Crippen molar-refractivity contribution in [2.75, 3.05) is 7.11 Å². The Bertz CT molecular complexity index is 723. The maximum absolute atomic E-state index is 10.4. The van der Waals surface area contributed by atoms with Crippen molar-refractivity contribution in [3.8, 4) is 5.88 Å². The highest BCUT2D eigenvalue weighted by Crippen LogP contribution is 2.31. The SMILES string of the molecule is COc1ncccc1C(O)Cc1csc2ccccc12. The fourth-order valence-corrected chi connectivity index (χ4v) is 3.31. The van der Waals surface area contributed by atoms with E-state index in [9.17, 15) is 5.11 Å². The molecule has 0 radical (unpaired) electrons. The summed E-state index contributed by atoms with van der Waals surface area (Å²) in [5.74, 6) is 0.486. The van der Waals surface area contributed by atoms with Crippen molar-refractivity contribution in [3.63, 3.8) is 0 Å². The molecule has 4 heteroatoms. The zero-order valence-electron chi connectivity index (χ0n) is 11.1. The predicted octanol–water partition coefficient (Wildman–Crippen LogP) is 3.58. The smallest absolute Gasteiger partial charge is 0.218 e. The lowest BCUT2D eigenvalue weighted by Crippen LogP contribution is -2.04. The van der Waals surface area contributed by atoms with Crippen LogP contribution >= 0.6 is 11.3 Å². The number of methoxy groups -OCH3 is 1. The molecule has 0 fully saturated rings. The van der Waals surface area contributed by atoms with Crippen LogP contribution in [-0.2, 0) is 6.42 Å². The fraction of sp³-hybridized carbons (Fsp3) is 0.188. The average molecular weight is 285 g/mol. The first kappa shape index (κ1) is 13.1. The summed E-state index contributed by atoms with van der Waals surface area (Å²) >= 11 is 1.70. The van der Waals surface area contributed by atoms with Gasteiger partial charge in [0.2, 0.25) is 5.88 Å². The first-order chi connectivity index (χ1) is 9.79. The van der Waals surface area contributed by atoms with Crippen molar-refractivity contribution in [1.82, 2.24) is 4.98 Å². The van der Waals surface area contributed by atoms with Gasteiger partial charge in [-0.05, 0) is 34.5 Å². The Kier molecular flexibility index (Phi) is 3.67. The quantitative estimate of drug-likeness (QED) is 0.796. The van der Waals surface area contributed by atoms with Crippen molar-refractivity contribution in [3.05, 3.63) is 59.1 Å². The van der Waals surface area contributed by atoms with Crippen LogP contribution in [0.2, 0.25) is 0 Å². The number of nitrogens with zero attached hydrogens (tertiary/aromatic N) is 1. The van der Waals surface area contributed by atoms with Gasteiger partial charge in [-0.3, -0.25) is 0 Å². The molecular weight excluding hydrogens is 270 g/mol. The molecule has 1 atom stereocenters. The molecule has 102 valence electrons. The van der Waals surface area contributed by atoms with E-state index in [0.717, 1.165) is 11.1 Å². The predicted molar refractivity (Wildman–Crippen MR) is 81.3 cm³/mol. The van der Waals surface area contributed by atoms with E-state index in [4.69, 9.17) is 4.74 Å². The van der Waals surface area contributed by atoms with E-state index in [1.807, 2.05) is 24.3 Å². The van der Waals surface area contributed by atoms with Crippen LogP contribution in [0.3, 0.4) is 0 Å². The molecule has 0 aliphatic rings. The Hall–Kier alpha value is -1.91. The number of ether oxygens (including phenoxy) is 1. The molecule has 0 aliphatic carbocycles. The first-order valence-electron chi connectivity index (χ1n) is 6.41. The van der Waals surface area contributed by atoms with Gasteiger partial charge in [0.25, 0.3) is 0 Å². The van der Waals surface area contributed by atoms with Gasteiger partial charge < -0.3 is 9.84 Å². The van der Waals surface area contributed by atoms with E-state index >= 15 is 0 Å². The number of rotatable bonds is 4. The monoisotopic (exact) mass is 285 g/mol. The maximum atomic E-state index is 10.4. The molecule has 0 spiro atoms. The van der Waals surface area contributed by atoms with Gasteiger partial charge >= 0.3 is 0 Å². The number of fused-ring (bicyclic) bond motifs is 1. The minimum Gasteiger partial charge on any atom is -0.481 e. The van der Waals surface area contributed by atoms with Crippen LogP contribution in [0.25, 0.3) is 10.1 Å². The van der Waals surface area contributed by atoms with Crippen molar-refractivity contribution in [1.29, 1.82) is 0 Å². The van der Waals surface area contributed by atoms with Gasteiger partial charge in [0.05, 0.1) is 13.2 Å². The zero-order valence-corrected chi connectivity index (χ0v) is 11.9. The summed E-state index contributed by atoms with van der Waals surface area (Å²) in [4.78, 5) is 4.13. The molecule has 1 unspecified atom stereocenters. The summed E-state index contributed by atoms with van der Waals surface area (Å²) in [5, 5.41) is 13.8. The number of benzene rings is 1. The molecule has 2 heterocycles. The zero-order chi connectivity index (χ0) is 13.9. The second-order valence-corrected chi connectivity index (χ2v) is 5.49. The molecule has 0 aliphatic heterocycles. The molecule has 20 heavy (non-hydrogen) atoms. The second-order valence-electron chi connectivity index (χ2n) is 4.58. The number of hydrogen-bond acceptors (Lipinski definition) is 4. The Morgan fingerprint density at radius 2 is 2.10 bits per heavy atom. The molecule has 0 bridgehead atoms. The van der Waals surface area contributed by atoms with Gasteiger partial charge in [0.15, 0.2) is 0 Å². The van der Waals surface area contributed by atoms with E-state index < -0.39 is 6.10 Å². The molecular formula is C16H15NO2S. The molecule has 2 aromatic heterocycles. The Morgan fingerprint density at radius 3 is 2.95 bits per heavy atom. The van der Waals surface area contributed by atoms with E-state index in [-0.39, 0.29) is 0 Å². The number of aliphatic hydroxyl groups is 1. The molecule has 3 aromatic rings. The van der Waals surface area contributed by atoms with Gasteiger partial charge in [-0.15, -0.1) is 11.3 Å². The lowest BCUT2D eigenvalue weighted by Gasteiger charge is -2.13. The highest BCUT2D eigenvalue weighted by molar-refractivity contribution is 7.17. The summed E-state index contributed by atoms with van der Waals surface area (Å²) in [6.45, 7) is 0. The van der Waals surface area contributed by atoms with Crippen molar-refractivity contribution >= 4 is 21.4 Å². The molecule has 0 amide bonds. The van der Waals surface area contributed by atoms with Crippen molar-refractivity contribution < 1.29 is 9.84 Å². The van der Waals surface area contributed by atoms with Crippen molar-refractivity contribution in [2.45, 2.75) is 12.5 Å². The largest absolute Gasteiger partial charge is 0.481 e. The highest BCUT2D eigenvalue weighted by Gasteiger charge is 2.16. The minimum absolute atomic E-state index is 0.486. The van der Waals surface area contributed by atoms with Gasteiger partial charge in [-0.25, -0.2) is 4.98 Å². The normalized spacial score (nSPS) is 12.5. The topological polar surface area (TPSA) is 42.4 Å². The summed E-state index contributed by atoms with van der Waals surface area (Å²) < 4.78 is 6.45. The number of aromatic nitrogens is 1. The molecule has 1 aromatic carbocycles. The average Bonchev–Trinajstić information content (AvgIpc) is 2.90. The molecule has 1 N–H and O–H groups in total. The third-order valence-corrected chi connectivity index (χ3v) is 4.34. The molecule has 0 saturated carbocycles. The van der Waals surface area contributed by atoms with Crippen LogP contribution in [0.4, 0.5) is 0 Å². The Morgan fingerprint density at radius 1 is 1.25 bits per heavy atom. The van der Waals surface area contributed by atoms with Crippen LogP contribution in [0.1, 0.15) is 17.2 Å². The Labute approximate surface area is 121 Å². The maximum Gasteiger partial charge on any atom is 0.218 e.